The van der Waals surface area contributed by atoms with Gasteiger partial charge in [0, 0.05) is 11.3 Å². The van der Waals surface area contributed by atoms with Crippen molar-refractivity contribution in [3.05, 3.63) is 59.7 Å². The fourth-order valence-electron chi connectivity index (χ4n) is 2.48. The predicted octanol–water partition coefficient (Wildman–Crippen LogP) is 4.14. The third-order valence-electron chi connectivity index (χ3n) is 3.93. The van der Waals surface area contributed by atoms with E-state index < -0.39 is 0 Å². The normalized spacial score (nSPS) is 11.2. The molecule has 144 valence electrons. The van der Waals surface area contributed by atoms with Crippen LogP contribution in [0.5, 0.6) is 5.75 Å². The van der Waals surface area contributed by atoms with Crippen LogP contribution in [0.3, 0.4) is 0 Å². The first-order valence-electron chi connectivity index (χ1n) is 9.10. The molecular weight excluding hydrogens is 340 g/mol. The highest BCUT2D eigenvalue weighted by atomic mass is 16.5. The van der Waals surface area contributed by atoms with Gasteiger partial charge in [0.1, 0.15) is 5.75 Å². The van der Waals surface area contributed by atoms with E-state index >= 15 is 0 Å². The van der Waals surface area contributed by atoms with Crippen LogP contribution in [0, 0.1) is 0 Å². The Balaban J connectivity index is 1.85. The number of nitrogens with one attached hydrogen (secondary N) is 2. The number of carbonyl (C=O) groups excluding carboxylic acids is 2. The number of hydrogen-bond acceptors (Lipinski definition) is 3. The van der Waals surface area contributed by atoms with Crippen LogP contribution in [0.25, 0.3) is 0 Å². The first-order chi connectivity index (χ1) is 12.6. The minimum atomic E-state index is -0.285. The Kier molecular flexibility index (Phi) is 6.61. The molecule has 0 fully saturated rings. The summed E-state index contributed by atoms with van der Waals surface area (Å²) in [6.45, 7) is 10.2. The minimum Gasteiger partial charge on any atom is -0.491 e. The lowest BCUT2D eigenvalue weighted by molar-refractivity contribution is -0.115. The smallest absolute Gasteiger partial charge is 0.251 e. The van der Waals surface area contributed by atoms with Crippen molar-refractivity contribution in [1.82, 2.24) is 5.32 Å². The molecule has 0 unspecified atom stereocenters. The van der Waals surface area contributed by atoms with Crippen molar-refractivity contribution in [2.75, 3.05) is 11.9 Å². The second-order valence-corrected chi connectivity index (χ2v) is 7.75. The molecule has 2 amide bonds. The van der Waals surface area contributed by atoms with Crippen LogP contribution in [0.15, 0.2) is 48.5 Å². The highest BCUT2D eigenvalue weighted by molar-refractivity contribution is 5.99. The van der Waals surface area contributed by atoms with Gasteiger partial charge in [0.05, 0.1) is 12.6 Å². The molecule has 2 N–H and O–H groups in total. The van der Waals surface area contributed by atoms with Gasteiger partial charge in [-0.1, -0.05) is 32.9 Å². The molecule has 0 atom stereocenters. The molecule has 0 aliphatic heterocycles. The third kappa shape index (κ3) is 6.44. The van der Waals surface area contributed by atoms with Crippen molar-refractivity contribution < 1.29 is 14.3 Å². The zero-order valence-corrected chi connectivity index (χ0v) is 16.6. The van der Waals surface area contributed by atoms with E-state index in [-0.39, 0.29) is 29.9 Å². The molecule has 5 nitrogen and oxygen atoms in total. The molecule has 0 aliphatic carbocycles. The first kappa shape index (κ1) is 20.5. The number of benzene rings is 2. The van der Waals surface area contributed by atoms with Crippen LogP contribution in [0.4, 0.5) is 5.69 Å². The van der Waals surface area contributed by atoms with E-state index in [1.165, 1.54) is 0 Å². The minimum absolute atomic E-state index is 0.0324. The quantitative estimate of drug-likeness (QED) is 0.805. The van der Waals surface area contributed by atoms with E-state index in [1.807, 2.05) is 26.0 Å². The van der Waals surface area contributed by atoms with Gasteiger partial charge < -0.3 is 15.4 Å². The molecular formula is C22H28N2O3. The zero-order valence-electron chi connectivity index (χ0n) is 16.6. The molecule has 0 spiro atoms. The number of anilines is 1. The van der Waals surface area contributed by atoms with Crippen molar-refractivity contribution in [1.29, 1.82) is 0 Å². The van der Waals surface area contributed by atoms with Crippen LogP contribution in [-0.4, -0.2) is 24.5 Å². The van der Waals surface area contributed by atoms with Gasteiger partial charge in [-0.05, 0) is 61.2 Å². The van der Waals surface area contributed by atoms with E-state index in [1.54, 1.807) is 36.4 Å². The molecule has 2 aromatic rings. The van der Waals surface area contributed by atoms with Crippen molar-refractivity contribution in [3.63, 3.8) is 0 Å². The maximum atomic E-state index is 12.2. The Morgan fingerprint density at radius 2 is 1.56 bits per heavy atom. The van der Waals surface area contributed by atoms with Gasteiger partial charge in [-0.15, -0.1) is 0 Å². The Hall–Kier alpha value is -2.82. The molecule has 5 heteroatoms. The predicted molar refractivity (Wildman–Crippen MR) is 108 cm³/mol. The Bertz CT molecular complexity index is 773. The lowest BCUT2D eigenvalue weighted by Crippen LogP contribution is -2.32. The van der Waals surface area contributed by atoms with Gasteiger partial charge in [0.2, 0.25) is 5.91 Å². The molecule has 2 aromatic carbocycles. The van der Waals surface area contributed by atoms with Crippen molar-refractivity contribution in [2.24, 2.45) is 0 Å². The van der Waals surface area contributed by atoms with Crippen molar-refractivity contribution >= 4 is 17.5 Å². The van der Waals surface area contributed by atoms with Gasteiger partial charge in [-0.3, -0.25) is 9.59 Å². The lowest BCUT2D eigenvalue weighted by atomic mass is 9.87. The standard InChI is InChI=1S/C22H28N2O3/c1-15(2)27-19-12-10-18(11-13-19)24-20(25)14-23-21(26)16-6-8-17(9-7-16)22(3,4)5/h6-13,15H,14H2,1-5H3,(H,23,26)(H,24,25). The van der Waals surface area contributed by atoms with Crippen LogP contribution >= 0.6 is 0 Å². The van der Waals surface area contributed by atoms with Crippen LogP contribution in [0.2, 0.25) is 0 Å². The van der Waals surface area contributed by atoms with Gasteiger partial charge in [-0.25, -0.2) is 0 Å². The van der Waals surface area contributed by atoms with Crippen LogP contribution < -0.4 is 15.4 Å². The monoisotopic (exact) mass is 368 g/mol. The molecule has 2 rings (SSSR count). The molecule has 0 aliphatic rings. The number of hydrogen-bond donors (Lipinski definition) is 2. The highest BCUT2D eigenvalue weighted by Crippen LogP contribution is 2.22. The maximum absolute atomic E-state index is 12.2. The average Bonchev–Trinajstić information content (AvgIpc) is 2.60. The summed E-state index contributed by atoms with van der Waals surface area (Å²) in [5.74, 6) is 0.188. The Labute approximate surface area is 161 Å². The fraction of sp³-hybridized carbons (Fsp3) is 0.364. The number of carbonyl (C=O) groups is 2. The van der Waals surface area contributed by atoms with Gasteiger partial charge in [0.15, 0.2) is 0 Å². The third-order valence-corrected chi connectivity index (χ3v) is 3.93. The Morgan fingerprint density at radius 1 is 0.963 bits per heavy atom. The summed E-state index contributed by atoms with van der Waals surface area (Å²) in [7, 11) is 0. The Morgan fingerprint density at radius 3 is 2.07 bits per heavy atom. The summed E-state index contributed by atoms with van der Waals surface area (Å²) >= 11 is 0. The molecule has 0 aromatic heterocycles. The topological polar surface area (TPSA) is 67.4 Å². The van der Waals surface area contributed by atoms with Gasteiger partial charge >= 0.3 is 0 Å². The summed E-state index contributed by atoms with van der Waals surface area (Å²) in [6, 6.07) is 14.6. The van der Waals surface area contributed by atoms with E-state index in [4.69, 9.17) is 4.74 Å². The summed E-state index contributed by atoms with van der Waals surface area (Å²) in [5.41, 5.74) is 2.37. The van der Waals surface area contributed by atoms with E-state index in [9.17, 15) is 9.59 Å². The molecule has 0 heterocycles. The second kappa shape index (κ2) is 8.71. The average molecular weight is 368 g/mol. The molecule has 0 radical (unpaired) electrons. The van der Waals surface area contributed by atoms with Crippen LogP contribution in [0.1, 0.15) is 50.5 Å². The zero-order chi connectivity index (χ0) is 20.0. The number of ether oxygens (including phenoxy) is 1. The second-order valence-electron chi connectivity index (χ2n) is 7.75. The molecule has 27 heavy (non-hydrogen) atoms. The van der Waals surface area contributed by atoms with E-state index in [0.29, 0.717) is 11.3 Å². The fourth-order valence-corrected chi connectivity index (χ4v) is 2.48. The maximum Gasteiger partial charge on any atom is 0.251 e. The summed E-state index contributed by atoms with van der Waals surface area (Å²) in [6.07, 6.45) is 0.0955. The highest BCUT2D eigenvalue weighted by Gasteiger charge is 2.14. The number of rotatable bonds is 6. The summed E-state index contributed by atoms with van der Waals surface area (Å²) < 4.78 is 5.56. The SMILES string of the molecule is CC(C)Oc1ccc(NC(=O)CNC(=O)c2ccc(C(C)(C)C)cc2)cc1. The van der Waals surface area contributed by atoms with E-state index in [0.717, 1.165) is 11.3 Å². The van der Waals surface area contributed by atoms with Gasteiger partial charge in [-0.2, -0.15) is 0 Å². The van der Waals surface area contributed by atoms with Gasteiger partial charge in [0.25, 0.3) is 5.91 Å². The largest absolute Gasteiger partial charge is 0.491 e. The molecule has 0 saturated heterocycles. The summed E-state index contributed by atoms with van der Waals surface area (Å²) in [4.78, 5) is 24.2. The van der Waals surface area contributed by atoms with Crippen LogP contribution in [-0.2, 0) is 10.2 Å². The van der Waals surface area contributed by atoms with Crippen molar-refractivity contribution in [3.8, 4) is 5.75 Å². The lowest BCUT2D eigenvalue weighted by Gasteiger charge is -2.19. The molecule has 0 bridgehead atoms. The number of amides is 2. The molecule has 0 saturated carbocycles. The summed E-state index contributed by atoms with van der Waals surface area (Å²) in [5, 5.41) is 5.39. The van der Waals surface area contributed by atoms with Crippen molar-refractivity contribution in [2.45, 2.75) is 46.1 Å². The van der Waals surface area contributed by atoms with E-state index in [2.05, 4.69) is 31.4 Å². The first-order valence-corrected chi connectivity index (χ1v) is 9.10.